The van der Waals surface area contributed by atoms with Crippen LogP contribution >= 0.6 is 0 Å². The molecule has 0 fully saturated rings. The van der Waals surface area contributed by atoms with Gasteiger partial charge in [0.25, 0.3) is 0 Å². The molecule has 8 nitrogen and oxygen atoms in total. The average molecular weight is 394 g/mol. The molecule has 148 valence electrons. The van der Waals surface area contributed by atoms with Gasteiger partial charge in [0, 0.05) is 23.9 Å². The Kier molecular flexibility index (Phi) is 5.21. The van der Waals surface area contributed by atoms with Gasteiger partial charge in [0.15, 0.2) is 0 Å². The van der Waals surface area contributed by atoms with Crippen LogP contribution in [0.2, 0.25) is 0 Å². The fraction of sp³-hybridized carbons (Fsp3) is 0.150. The van der Waals surface area contributed by atoms with Crippen LogP contribution in [0, 0.1) is 5.82 Å². The summed E-state index contributed by atoms with van der Waals surface area (Å²) in [6, 6.07) is 14.0. The lowest BCUT2D eigenvalue weighted by molar-refractivity contribution is 0.415. The normalized spacial score (nSPS) is 11.0. The van der Waals surface area contributed by atoms with Crippen LogP contribution in [0.1, 0.15) is 11.4 Å². The van der Waals surface area contributed by atoms with Gasteiger partial charge < -0.3 is 10.1 Å². The molecule has 9 heteroatoms. The van der Waals surface area contributed by atoms with E-state index in [0.29, 0.717) is 24.6 Å². The van der Waals surface area contributed by atoms with E-state index < -0.39 is 0 Å². The van der Waals surface area contributed by atoms with E-state index in [1.54, 1.807) is 31.5 Å². The molecule has 0 aliphatic heterocycles. The van der Waals surface area contributed by atoms with Crippen molar-refractivity contribution in [1.82, 2.24) is 30.3 Å². The molecular formula is C20H19FN6O2. The molecule has 0 saturated heterocycles. The van der Waals surface area contributed by atoms with Crippen LogP contribution in [-0.2, 0) is 13.1 Å². The lowest BCUT2D eigenvalue weighted by Crippen LogP contribution is -2.14. The summed E-state index contributed by atoms with van der Waals surface area (Å²) in [7, 11) is 1.61. The van der Waals surface area contributed by atoms with E-state index in [9.17, 15) is 9.18 Å². The highest BCUT2D eigenvalue weighted by Gasteiger charge is 2.14. The van der Waals surface area contributed by atoms with E-state index in [2.05, 4.69) is 25.6 Å². The maximum Gasteiger partial charge on any atom is 0.340 e. The van der Waals surface area contributed by atoms with Crippen molar-refractivity contribution in [3.63, 3.8) is 0 Å². The van der Waals surface area contributed by atoms with Gasteiger partial charge in [-0.25, -0.2) is 19.0 Å². The third kappa shape index (κ3) is 4.09. The summed E-state index contributed by atoms with van der Waals surface area (Å²) in [5.41, 5.74) is 2.49. The molecule has 4 rings (SSSR count). The van der Waals surface area contributed by atoms with Gasteiger partial charge in [-0.1, -0.05) is 12.1 Å². The highest BCUT2D eigenvalue weighted by atomic mass is 19.1. The quantitative estimate of drug-likeness (QED) is 0.447. The largest absolute Gasteiger partial charge is 0.497 e. The number of H-pyrrole nitrogens is 2. The van der Waals surface area contributed by atoms with Crippen molar-refractivity contribution in [1.29, 1.82) is 0 Å². The zero-order valence-corrected chi connectivity index (χ0v) is 15.6. The second-order valence-corrected chi connectivity index (χ2v) is 6.36. The molecular weight excluding hydrogens is 375 g/mol. The highest BCUT2D eigenvalue weighted by Crippen LogP contribution is 2.26. The Morgan fingerprint density at radius 1 is 1.14 bits per heavy atom. The van der Waals surface area contributed by atoms with Crippen LogP contribution in [0.3, 0.4) is 0 Å². The van der Waals surface area contributed by atoms with Gasteiger partial charge in [0.1, 0.15) is 23.1 Å². The number of nitrogens with one attached hydrogen (secondary N) is 3. The van der Waals surface area contributed by atoms with Gasteiger partial charge in [0.2, 0.25) is 0 Å². The number of aromatic nitrogens is 5. The summed E-state index contributed by atoms with van der Waals surface area (Å²) in [6.07, 6.45) is 1.79. The Morgan fingerprint density at radius 2 is 1.93 bits per heavy atom. The van der Waals surface area contributed by atoms with Crippen molar-refractivity contribution in [2.24, 2.45) is 0 Å². The monoisotopic (exact) mass is 394 g/mol. The summed E-state index contributed by atoms with van der Waals surface area (Å²) in [4.78, 5) is 13.7. The van der Waals surface area contributed by atoms with Crippen molar-refractivity contribution in [2.75, 3.05) is 7.11 Å². The van der Waals surface area contributed by atoms with Crippen LogP contribution in [0.5, 0.6) is 5.75 Å². The molecule has 0 aliphatic carbocycles. The minimum absolute atomic E-state index is 0.354. The minimum atomic E-state index is -0.357. The van der Waals surface area contributed by atoms with Gasteiger partial charge in [0.05, 0.1) is 19.3 Å². The molecule has 4 aromatic rings. The number of hydrogen-bond donors (Lipinski definition) is 3. The molecule has 0 saturated carbocycles. The first-order valence-corrected chi connectivity index (χ1v) is 8.96. The first-order chi connectivity index (χ1) is 14.1. The smallest absolute Gasteiger partial charge is 0.340 e. The standard InChI is InChI=1S/C20H19FN6O2/c1-29-15-8-6-13(7-9-15)19-14(10-22-11-18-23-20(28)25-24-18)12-27(26-19)17-5-3-2-4-16(17)21/h2-9,12,22H,10-11H2,1H3,(H2,23,24,25,28). The van der Waals surface area contributed by atoms with E-state index in [1.165, 1.54) is 10.7 Å². The summed E-state index contributed by atoms with van der Waals surface area (Å²) in [6.45, 7) is 0.816. The minimum Gasteiger partial charge on any atom is -0.497 e. The number of para-hydroxylation sites is 1. The van der Waals surface area contributed by atoms with Gasteiger partial charge in [-0.15, -0.1) is 0 Å². The van der Waals surface area contributed by atoms with Gasteiger partial charge in [-0.05, 0) is 36.4 Å². The zero-order valence-electron chi connectivity index (χ0n) is 15.6. The fourth-order valence-electron chi connectivity index (χ4n) is 3.00. The molecule has 0 atom stereocenters. The zero-order chi connectivity index (χ0) is 20.2. The first kappa shape index (κ1) is 18.6. The highest BCUT2D eigenvalue weighted by molar-refractivity contribution is 5.64. The van der Waals surface area contributed by atoms with Crippen LogP contribution in [-0.4, -0.2) is 32.1 Å². The van der Waals surface area contributed by atoms with E-state index in [-0.39, 0.29) is 11.5 Å². The number of halogens is 1. The van der Waals surface area contributed by atoms with Crippen molar-refractivity contribution in [2.45, 2.75) is 13.1 Å². The topological polar surface area (TPSA) is 101 Å². The number of hydrogen-bond acceptors (Lipinski definition) is 5. The van der Waals surface area contributed by atoms with Crippen LogP contribution in [0.15, 0.2) is 59.5 Å². The molecule has 0 radical (unpaired) electrons. The number of ether oxygens (including phenoxy) is 1. The number of nitrogens with zero attached hydrogens (tertiary/aromatic N) is 3. The predicted molar refractivity (Wildman–Crippen MR) is 105 cm³/mol. The van der Waals surface area contributed by atoms with Crippen LogP contribution < -0.4 is 15.7 Å². The third-order valence-electron chi connectivity index (χ3n) is 4.41. The van der Waals surface area contributed by atoms with Crippen LogP contribution in [0.4, 0.5) is 4.39 Å². The average Bonchev–Trinajstić information content (AvgIpc) is 3.35. The Bertz CT molecular complexity index is 1160. The summed E-state index contributed by atoms with van der Waals surface area (Å²) in [5, 5.41) is 14.0. The number of rotatable bonds is 7. The first-order valence-electron chi connectivity index (χ1n) is 8.96. The van der Waals surface area contributed by atoms with Crippen molar-refractivity contribution in [3.05, 3.63) is 82.4 Å². The summed E-state index contributed by atoms with van der Waals surface area (Å²) in [5.74, 6) is 0.886. The molecule has 0 spiro atoms. The lowest BCUT2D eigenvalue weighted by atomic mass is 10.1. The predicted octanol–water partition coefficient (Wildman–Crippen LogP) is 2.39. The molecule has 0 bridgehead atoms. The van der Waals surface area contributed by atoms with Gasteiger partial charge in [-0.2, -0.15) is 10.2 Å². The maximum atomic E-state index is 14.3. The number of methoxy groups -OCH3 is 1. The molecule has 29 heavy (non-hydrogen) atoms. The van der Waals surface area contributed by atoms with Gasteiger partial charge in [-0.3, -0.25) is 4.98 Å². The van der Waals surface area contributed by atoms with E-state index in [1.807, 2.05) is 24.3 Å². The molecule has 2 heterocycles. The van der Waals surface area contributed by atoms with Crippen molar-refractivity contribution in [3.8, 4) is 22.7 Å². The number of benzene rings is 2. The van der Waals surface area contributed by atoms with Gasteiger partial charge >= 0.3 is 5.69 Å². The van der Waals surface area contributed by atoms with E-state index in [0.717, 1.165) is 22.6 Å². The Balaban J connectivity index is 1.65. The fourth-order valence-corrected chi connectivity index (χ4v) is 3.00. The lowest BCUT2D eigenvalue weighted by Gasteiger charge is -2.05. The molecule has 2 aromatic heterocycles. The maximum absolute atomic E-state index is 14.3. The SMILES string of the molecule is COc1ccc(-c2nn(-c3ccccc3F)cc2CNCc2n[nH]c(=O)[nH]2)cc1. The Labute approximate surface area is 165 Å². The van der Waals surface area contributed by atoms with Crippen molar-refractivity contribution < 1.29 is 9.13 Å². The van der Waals surface area contributed by atoms with E-state index >= 15 is 0 Å². The summed E-state index contributed by atoms with van der Waals surface area (Å²) >= 11 is 0. The molecule has 0 amide bonds. The third-order valence-corrected chi connectivity index (χ3v) is 4.41. The molecule has 0 unspecified atom stereocenters. The summed E-state index contributed by atoms with van der Waals surface area (Å²) < 4.78 is 21.0. The Morgan fingerprint density at radius 3 is 2.62 bits per heavy atom. The second kappa shape index (κ2) is 8.11. The molecule has 2 aromatic carbocycles. The number of aromatic amines is 2. The second-order valence-electron chi connectivity index (χ2n) is 6.36. The van der Waals surface area contributed by atoms with Crippen molar-refractivity contribution >= 4 is 0 Å². The Hall–Kier alpha value is -3.72. The molecule has 3 N–H and O–H groups in total. The van der Waals surface area contributed by atoms with E-state index in [4.69, 9.17) is 4.74 Å². The van der Waals surface area contributed by atoms with Crippen LogP contribution in [0.25, 0.3) is 16.9 Å². The molecule has 0 aliphatic rings.